The number of hydrogen-bond acceptors (Lipinski definition) is 6. The summed E-state index contributed by atoms with van der Waals surface area (Å²) in [4.78, 5) is 1.02. The SMILES string of the molecule is CNCc1scc(C)c1S(=O)(=O)NC1CCCS(=O)(=O)C1. The van der Waals surface area contributed by atoms with Crippen molar-refractivity contribution in [3.05, 3.63) is 15.8 Å². The first kappa shape index (κ1) is 16.9. The monoisotopic (exact) mass is 352 g/mol. The highest BCUT2D eigenvalue weighted by Crippen LogP contribution is 2.27. The number of thiophene rings is 1. The second kappa shape index (κ2) is 6.33. The van der Waals surface area contributed by atoms with Crippen molar-refractivity contribution in [1.82, 2.24) is 10.0 Å². The van der Waals surface area contributed by atoms with Crippen molar-refractivity contribution in [3.8, 4) is 0 Å². The Hall–Kier alpha value is -0.480. The summed E-state index contributed by atoms with van der Waals surface area (Å²) < 4.78 is 50.9. The Morgan fingerprint density at radius 3 is 2.76 bits per heavy atom. The molecule has 6 nitrogen and oxygen atoms in total. The average molecular weight is 353 g/mol. The van der Waals surface area contributed by atoms with Gasteiger partial charge in [0.05, 0.1) is 11.5 Å². The molecule has 0 bridgehead atoms. The maximum Gasteiger partial charge on any atom is 0.242 e. The summed E-state index contributed by atoms with van der Waals surface area (Å²) in [6, 6.07) is -0.532. The van der Waals surface area contributed by atoms with Gasteiger partial charge in [-0.05, 0) is 37.8 Å². The summed E-state index contributed by atoms with van der Waals surface area (Å²) in [5.41, 5.74) is 0.691. The molecule has 1 aromatic heterocycles. The van der Waals surface area contributed by atoms with Crippen LogP contribution in [0.4, 0.5) is 0 Å². The van der Waals surface area contributed by atoms with Gasteiger partial charge in [0.15, 0.2) is 9.84 Å². The van der Waals surface area contributed by atoms with Crippen LogP contribution in [0.5, 0.6) is 0 Å². The van der Waals surface area contributed by atoms with E-state index < -0.39 is 25.9 Å². The van der Waals surface area contributed by atoms with Gasteiger partial charge in [0.2, 0.25) is 10.0 Å². The molecule has 0 radical (unpaired) electrons. The molecule has 1 aliphatic heterocycles. The molecule has 2 N–H and O–H groups in total. The molecular formula is C12H20N2O4S3. The van der Waals surface area contributed by atoms with Crippen LogP contribution in [-0.4, -0.2) is 41.4 Å². The fourth-order valence-corrected chi connectivity index (χ4v) is 7.36. The molecule has 0 aromatic carbocycles. The fraction of sp³-hybridized carbons (Fsp3) is 0.667. The van der Waals surface area contributed by atoms with Crippen molar-refractivity contribution >= 4 is 31.2 Å². The molecular weight excluding hydrogens is 332 g/mol. The Balaban J connectivity index is 2.25. The van der Waals surface area contributed by atoms with Gasteiger partial charge in [-0.3, -0.25) is 0 Å². The van der Waals surface area contributed by atoms with Gasteiger partial charge < -0.3 is 5.32 Å². The lowest BCUT2D eigenvalue weighted by molar-refractivity contribution is 0.517. The highest BCUT2D eigenvalue weighted by Gasteiger charge is 2.30. The van der Waals surface area contributed by atoms with E-state index in [1.54, 1.807) is 19.4 Å². The van der Waals surface area contributed by atoms with Crippen LogP contribution in [-0.2, 0) is 26.4 Å². The molecule has 21 heavy (non-hydrogen) atoms. The molecule has 120 valence electrons. The largest absolute Gasteiger partial charge is 0.315 e. The molecule has 9 heteroatoms. The van der Waals surface area contributed by atoms with Crippen LogP contribution in [0, 0.1) is 6.92 Å². The highest BCUT2D eigenvalue weighted by molar-refractivity contribution is 7.91. The summed E-state index contributed by atoms with van der Waals surface area (Å²) in [7, 11) is -5.08. The Bertz CT molecular complexity index is 707. The molecule has 0 amide bonds. The van der Waals surface area contributed by atoms with Crippen LogP contribution < -0.4 is 10.0 Å². The highest BCUT2D eigenvalue weighted by atomic mass is 32.2. The van der Waals surface area contributed by atoms with Gasteiger partial charge >= 0.3 is 0 Å². The first-order chi connectivity index (χ1) is 9.75. The Kier molecular flexibility index (Phi) is 5.09. The molecule has 1 aliphatic rings. The van der Waals surface area contributed by atoms with E-state index >= 15 is 0 Å². The molecule has 0 aliphatic carbocycles. The van der Waals surface area contributed by atoms with Crippen molar-refractivity contribution in [2.24, 2.45) is 0 Å². The molecule has 0 saturated carbocycles. The molecule has 2 rings (SSSR count). The van der Waals surface area contributed by atoms with E-state index in [1.807, 2.05) is 0 Å². The maximum atomic E-state index is 12.6. The van der Waals surface area contributed by atoms with E-state index in [9.17, 15) is 16.8 Å². The smallest absolute Gasteiger partial charge is 0.242 e. The zero-order valence-electron chi connectivity index (χ0n) is 12.0. The van der Waals surface area contributed by atoms with E-state index in [2.05, 4.69) is 10.0 Å². The average Bonchev–Trinajstić information content (AvgIpc) is 2.69. The quantitative estimate of drug-likeness (QED) is 0.811. The summed E-state index contributed by atoms with van der Waals surface area (Å²) in [5.74, 6) is 0.0322. The minimum Gasteiger partial charge on any atom is -0.315 e. The number of sulfonamides is 1. The van der Waals surface area contributed by atoms with Crippen LogP contribution in [0.15, 0.2) is 10.3 Å². The molecule has 1 saturated heterocycles. The Morgan fingerprint density at radius 2 is 2.14 bits per heavy atom. The molecule has 1 fully saturated rings. The van der Waals surface area contributed by atoms with Crippen LogP contribution in [0.2, 0.25) is 0 Å². The Morgan fingerprint density at radius 1 is 1.43 bits per heavy atom. The third-order valence-corrected chi connectivity index (χ3v) is 8.18. The number of hydrogen-bond donors (Lipinski definition) is 2. The number of rotatable bonds is 5. The zero-order chi connectivity index (χ0) is 15.7. The van der Waals surface area contributed by atoms with Crippen LogP contribution in [0.1, 0.15) is 23.3 Å². The Labute approximate surface area is 129 Å². The lowest BCUT2D eigenvalue weighted by Crippen LogP contribution is -2.43. The van der Waals surface area contributed by atoms with Gasteiger partial charge in [-0.25, -0.2) is 21.6 Å². The van der Waals surface area contributed by atoms with Crippen LogP contribution in [0.25, 0.3) is 0 Å². The van der Waals surface area contributed by atoms with Crippen molar-refractivity contribution in [1.29, 1.82) is 0 Å². The normalized spacial score (nSPS) is 22.3. The van der Waals surface area contributed by atoms with Gasteiger partial charge in [-0.2, -0.15) is 0 Å². The van der Waals surface area contributed by atoms with Crippen molar-refractivity contribution in [3.63, 3.8) is 0 Å². The summed E-state index contributed by atoms with van der Waals surface area (Å²) in [6.07, 6.45) is 1.06. The minimum atomic E-state index is -3.69. The maximum absolute atomic E-state index is 12.6. The van der Waals surface area contributed by atoms with Crippen molar-refractivity contribution in [2.75, 3.05) is 18.6 Å². The van der Waals surface area contributed by atoms with Gasteiger partial charge in [0.25, 0.3) is 0 Å². The van der Waals surface area contributed by atoms with E-state index in [0.717, 1.165) is 4.88 Å². The topological polar surface area (TPSA) is 92.3 Å². The third-order valence-electron chi connectivity index (χ3n) is 3.38. The third kappa shape index (κ3) is 4.04. The molecule has 0 spiro atoms. The number of nitrogens with one attached hydrogen (secondary N) is 2. The first-order valence-electron chi connectivity index (χ1n) is 6.69. The zero-order valence-corrected chi connectivity index (χ0v) is 14.5. The van der Waals surface area contributed by atoms with E-state index in [4.69, 9.17) is 0 Å². The molecule has 1 unspecified atom stereocenters. The standard InChI is InChI=1S/C12H20N2O4S3/c1-9-7-19-11(6-13-2)12(9)21(17,18)14-10-4-3-5-20(15,16)8-10/h7,10,13-14H,3-6,8H2,1-2H3. The summed E-state index contributed by atoms with van der Waals surface area (Å²) in [5, 5.41) is 4.75. The van der Waals surface area contributed by atoms with E-state index in [-0.39, 0.29) is 16.4 Å². The molecule has 1 atom stereocenters. The lowest BCUT2D eigenvalue weighted by atomic mass is 10.2. The van der Waals surface area contributed by atoms with Crippen molar-refractivity contribution < 1.29 is 16.8 Å². The van der Waals surface area contributed by atoms with Gasteiger partial charge in [0, 0.05) is 17.5 Å². The van der Waals surface area contributed by atoms with Gasteiger partial charge in [-0.15, -0.1) is 11.3 Å². The first-order valence-corrected chi connectivity index (χ1v) is 10.9. The predicted molar refractivity (Wildman–Crippen MR) is 83.8 cm³/mol. The fourth-order valence-electron chi connectivity index (χ4n) is 2.52. The lowest BCUT2D eigenvalue weighted by Gasteiger charge is -2.23. The van der Waals surface area contributed by atoms with Crippen LogP contribution in [0.3, 0.4) is 0 Å². The minimum absolute atomic E-state index is 0.114. The summed E-state index contributed by atoms with van der Waals surface area (Å²) >= 11 is 1.39. The second-order valence-electron chi connectivity index (χ2n) is 5.28. The second-order valence-corrected chi connectivity index (χ2v) is 10.1. The number of aryl methyl sites for hydroxylation is 1. The molecule has 2 heterocycles. The summed E-state index contributed by atoms with van der Waals surface area (Å²) in [6.45, 7) is 2.22. The van der Waals surface area contributed by atoms with E-state index in [0.29, 0.717) is 24.9 Å². The van der Waals surface area contributed by atoms with Gasteiger partial charge in [0.1, 0.15) is 4.90 Å². The predicted octanol–water partition coefficient (Wildman–Crippen LogP) is 0.631. The van der Waals surface area contributed by atoms with Gasteiger partial charge in [-0.1, -0.05) is 0 Å². The van der Waals surface area contributed by atoms with Crippen LogP contribution >= 0.6 is 11.3 Å². The molecule has 1 aromatic rings. The number of sulfone groups is 1. The van der Waals surface area contributed by atoms with E-state index in [1.165, 1.54) is 11.3 Å². The van der Waals surface area contributed by atoms with Crippen molar-refractivity contribution in [2.45, 2.75) is 37.2 Å².